The molecule has 0 aliphatic carbocycles. The number of hydrogen-bond acceptors (Lipinski definition) is 4. The molecule has 1 heterocycles. The normalized spacial score (nSPS) is 12.7. The van der Waals surface area contributed by atoms with Crippen LogP contribution in [0.15, 0.2) is 22.8 Å². The van der Waals surface area contributed by atoms with Crippen molar-refractivity contribution in [1.29, 1.82) is 0 Å². The first-order valence-electron chi connectivity index (χ1n) is 4.93. The fourth-order valence-electron chi connectivity index (χ4n) is 1.16. The van der Waals surface area contributed by atoms with Crippen LogP contribution >= 0.6 is 15.9 Å². The Balaban J connectivity index is 2.53. The summed E-state index contributed by atoms with van der Waals surface area (Å²) in [5, 5.41) is 0. The molecule has 0 aromatic carbocycles. The molecular formula is C10H16BrN3O. The van der Waals surface area contributed by atoms with E-state index in [0.29, 0.717) is 6.61 Å². The second-order valence-corrected chi connectivity index (χ2v) is 4.11. The molecule has 1 rings (SSSR count). The van der Waals surface area contributed by atoms with Crippen LogP contribution in [0.1, 0.15) is 25.1 Å². The fraction of sp³-hybridized carbons (Fsp3) is 0.500. The zero-order chi connectivity index (χ0) is 11.1. The molecule has 0 aliphatic heterocycles. The summed E-state index contributed by atoms with van der Waals surface area (Å²) in [6, 6.07) is 3.81. The Hall–Kier alpha value is -0.490. The highest BCUT2D eigenvalue weighted by molar-refractivity contribution is 9.10. The lowest BCUT2D eigenvalue weighted by Crippen LogP contribution is -2.32. The van der Waals surface area contributed by atoms with Crippen LogP contribution in [0.2, 0.25) is 0 Å². The van der Waals surface area contributed by atoms with Gasteiger partial charge in [0.2, 0.25) is 0 Å². The van der Waals surface area contributed by atoms with Gasteiger partial charge in [0.1, 0.15) is 0 Å². The number of ether oxygens (including phenoxy) is 1. The van der Waals surface area contributed by atoms with E-state index in [2.05, 4.69) is 33.3 Å². The third-order valence-corrected chi connectivity index (χ3v) is 2.41. The summed E-state index contributed by atoms with van der Waals surface area (Å²) in [6.45, 7) is 3.36. The van der Waals surface area contributed by atoms with Gasteiger partial charge < -0.3 is 4.74 Å². The Labute approximate surface area is 98.3 Å². The Morgan fingerprint density at radius 2 is 2.40 bits per heavy atom. The van der Waals surface area contributed by atoms with Gasteiger partial charge in [-0.25, -0.2) is 5.43 Å². The number of nitrogens with two attached hydrogens (primary N) is 1. The number of rotatable bonds is 6. The standard InChI is InChI=1S/C10H16BrN3O/c1-2-5-15-7-10(14-12)9-4-3-8(11)6-13-9/h3-4,6,10,14H,2,5,7,12H2,1H3. The number of hydrogen-bond donors (Lipinski definition) is 2. The van der Waals surface area contributed by atoms with Gasteiger partial charge in [-0.05, 0) is 34.5 Å². The van der Waals surface area contributed by atoms with E-state index < -0.39 is 0 Å². The third kappa shape index (κ3) is 4.25. The summed E-state index contributed by atoms with van der Waals surface area (Å²) in [5.41, 5.74) is 3.58. The first-order valence-corrected chi connectivity index (χ1v) is 5.72. The molecule has 1 unspecified atom stereocenters. The lowest BCUT2D eigenvalue weighted by atomic mass is 10.2. The van der Waals surface area contributed by atoms with Crippen LogP contribution < -0.4 is 11.3 Å². The van der Waals surface area contributed by atoms with E-state index in [9.17, 15) is 0 Å². The van der Waals surface area contributed by atoms with Crippen molar-refractivity contribution >= 4 is 15.9 Å². The molecule has 0 radical (unpaired) electrons. The maximum absolute atomic E-state index is 5.44. The lowest BCUT2D eigenvalue weighted by Gasteiger charge is -2.15. The zero-order valence-corrected chi connectivity index (χ0v) is 10.3. The predicted octanol–water partition coefficient (Wildman–Crippen LogP) is 1.78. The topological polar surface area (TPSA) is 60.2 Å². The molecule has 0 saturated carbocycles. The Morgan fingerprint density at radius 3 is 2.93 bits per heavy atom. The lowest BCUT2D eigenvalue weighted by molar-refractivity contribution is 0.111. The molecular weight excluding hydrogens is 258 g/mol. The van der Waals surface area contributed by atoms with Gasteiger partial charge in [-0.3, -0.25) is 10.8 Å². The van der Waals surface area contributed by atoms with Crippen molar-refractivity contribution in [2.45, 2.75) is 19.4 Å². The second-order valence-electron chi connectivity index (χ2n) is 3.20. The smallest absolute Gasteiger partial charge is 0.0865 e. The first-order chi connectivity index (χ1) is 7.27. The minimum atomic E-state index is -0.0513. The summed E-state index contributed by atoms with van der Waals surface area (Å²) in [7, 11) is 0. The van der Waals surface area contributed by atoms with Crippen molar-refractivity contribution in [3.05, 3.63) is 28.5 Å². The fourth-order valence-corrected chi connectivity index (χ4v) is 1.39. The minimum Gasteiger partial charge on any atom is -0.379 e. The maximum Gasteiger partial charge on any atom is 0.0865 e. The second kappa shape index (κ2) is 6.90. The van der Waals surface area contributed by atoms with Crippen LogP contribution in [-0.4, -0.2) is 18.2 Å². The number of aromatic nitrogens is 1. The van der Waals surface area contributed by atoms with Crippen molar-refractivity contribution < 1.29 is 4.74 Å². The van der Waals surface area contributed by atoms with Gasteiger partial charge in [0.15, 0.2) is 0 Å². The molecule has 84 valence electrons. The van der Waals surface area contributed by atoms with Crippen LogP contribution in [0.3, 0.4) is 0 Å². The van der Waals surface area contributed by atoms with Gasteiger partial charge in [0.25, 0.3) is 0 Å². The molecule has 0 bridgehead atoms. The van der Waals surface area contributed by atoms with Crippen LogP contribution in [-0.2, 0) is 4.74 Å². The number of halogens is 1. The first kappa shape index (κ1) is 12.6. The molecule has 15 heavy (non-hydrogen) atoms. The third-order valence-electron chi connectivity index (χ3n) is 1.94. The van der Waals surface area contributed by atoms with Crippen LogP contribution in [0.25, 0.3) is 0 Å². The molecule has 0 saturated heterocycles. The highest BCUT2D eigenvalue weighted by atomic mass is 79.9. The molecule has 1 aromatic rings. The molecule has 1 aromatic heterocycles. The van der Waals surface area contributed by atoms with E-state index in [1.54, 1.807) is 6.20 Å². The van der Waals surface area contributed by atoms with E-state index in [1.807, 2.05) is 12.1 Å². The Morgan fingerprint density at radius 1 is 1.60 bits per heavy atom. The minimum absolute atomic E-state index is 0.0513. The monoisotopic (exact) mass is 273 g/mol. The largest absolute Gasteiger partial charge is 0.379 e. The molecule has 0 spiro atoms. The van der Waals surface area contributed by atoms with E-state index in [-0.39, 0.29) is 6.04 Å². The average Bonchev–Trinajstić information content (AvgIpc) is 2.26. The van der Waals surface area contributed by atoms with Crippen LogP contribution in [0.4, 0.5) is 0 Å². The van der Waals surface area contributed by atoms with Crippen LogP contribution in [0, 0.1) is 0 Å². The maximum atomic E-state index is 5.44. The van der Waals surface area contributed by atoms with E-state index in [1.165, 1.54) is 0 Å². The molecule has 0 amide bonds. The summed E-state index contributed by atoms with van der Waals surface area (Å²) < 4.78 is 6.38. The molecule has 4 nitrogen and oxygen atoms in total. The zero-order valence-electron chi connectivity index (χ0n) is 8.74. The Kier molecular flexibility index (Phi) is 5.78. The SMILES string of the molecule is CCCOCC(NN)c1ccc(Br)cn1. The van der Waals surface area contributed by atoms with Crippen molar-refractivity contribution in [3.63, 3.8) is 0 Å². The number of hydrazine groups is 1. The van der Waals surface area contributed by atoms with Crippen LogP contribution in [0.5, 0.6) is 0 Å². The van der Waals surface area contributed by atoms with Crippen molar-refractivity contribution in [1.82, 2.24) is 10.4 Å². The molecule has 1 atom stereocenters. The van der Waals surface area contributed by atoms with Crippen molar-refractivity contribution in [2.75, 3.05) is 13.2 Å². The van der Waals surface area contributed by atoms with E-state index >= 15 is 0 Å². The molecule has 0 fully saturated rings. The highest BCUT2D eigenvalue weighted by Crippen LogP contribution is 2.13. The predicted molar refractivity (Wildman–Crippen MR) is 63.1 cm³/mol. The van der Waals surface area contributed by atoms with E-state index in [0.717, 1.165) is 23.2 Å². The van der Waals surface area contributed by atoms with Gasteiger partial charge in [-0.1, -0.05) is 6.92 Å². The van der Waals surface area contributed by atoms with Gasteiger partial charge in [0, 0.05) is 17.3 Å². The molecule has 3 N–H and O–H groups in total. The summed E-state index contributed by atoms with van der Waals surface area (Å²) in [4.78, 5) is 4.26. The summed E-state index contributed by atoms with van der Waals surface area (Å²) >= 11 is 3.33. The van der Waals surface area contributed by atoms with Gasteiger partial charge >= 0.3 is 0 Å². The Bertz CT molecular complexity index is 279. The quantitative estimate of drug-likeness (QED) is 0.471. The summed E-state index contributed by atoms with van der Waals surface area (Å²) in [6.07, 6.45) is 2.75. The van der Waals surface area contributed by atoms with Gasteiger partial charge in [-0.2, -0.15) is 0 Å². The highest BCUT2D eigenvalue weighted by Gasteiger charge is 2.10. The van der Waals surface area contributed by atoms with Gasteiger partial charge in [0.05, 0.1) is 18.3 Å². The molecule has 0 aliphatic rings. The molecule has 5 heteroatoms. The van der Waals surface area contributed by atoms with Crippen molar-refractivity contribution in [2.24, 2.45) is 5.84 Å². The number of pyridine rings is 1. The van der Waals surface area contributed by atoms with Crippen molar-refractivity contribution in [3.8, 4) is 0 Å². The van der Waals surface area contributed by atoms with Gasteiger partial charge in [-0.15, -0.1) is 0 Å². The van der Waals surface area contributed by atoms with E-state index in [4.69, 9.17) is 10.6 Å². The summed E-state index contributed by atoms with van der Waals surface area (Å²) in [5.74, 6) is 5.44. The average molecular weight is 274 g/mol. The number of nitrogens with zero attached hydrogens (tertiary/aromatic N) is 1. The number of nitrogens with one attached hydrogen (secondary N) is 1.